The van der Waals surface area contributed by atoms with E-state index in [1.54, 1.807) is 11.1 Å². The molecular weight excluding hydrogens is 238 g/mol. The number of pyridine rings is 1. The predicted octanol–water partition coefficient (Wildman–Crippen LogP) is -1.02. The Balaban J connectivity index is 2.00. The number of aromatic nitrogens is 1. The van der Waals surface area contributed by atoms with Crippen molar-refractivity contribution < 1.29 is 19.8 Å². The molecule has 1 saturated carbocycles. The first-order valence-corrected chi connectivity index (χ1v) is 5.72. The van der Waals surface area contributed by atoms with Crippen molar-refractivity contribution in [2.45, 2.75) is 12.5 Å². The van der Waals surface area contributed by atoms with Crippen molar-refractivity contribution >= 4 is 17.5 Å². The van der Waals surface area contributed by atoms with Crippen molar-refractivity contribution in [3.8, 4) is 0 Å². The van der Waals surface area contributed by atoms with Gasteiger partial charge in [0, 0.05) is 17.9 Å². The number of nitrogens with zero attached hydrogens (tertiary/aromatic N) is 2. The van der Waals surface area contributed by atoms with E-state index < -0.39 is 16.9 Å². The van der Waals surface area contributed by atoms with Crippen molar-refractivity contribution in [2.75, 3.05) is 11.4 Å². The van der Waals surface area contributed by atoms with Crippen LogP contribution in [-0.4, -0.2) is 23.5 Å². The number of nitro groups is 1. The lowest BCUT2D eigenvalue weighted by Crippen LogP contribution is -2.48. The Hall–Kier alpha value is -2.18. The number of aromatic amines is 1. The number of hydrogen-bond acceptors (Lipinski definition) is 5. The number of carbonyl (C=O) groups is 1. The molecule has 1 aromatic rings. The predicted molar refractivity (Wildman–Crippen MR) is 57.4 cm³/mol. The molecule has 0 unspecified atom stereocenters. The topological polar surface area (TPSA) is 101 Å². The number of nitrogens with one attached hydrogen (secondary N) is 1. The summed E-state index contributed by atoms with van der Waals surface area (Å²) in [5.74, 6) is -0.514. The van der Waals surface area contributed by atoms with Gasteiger partial charge in [-0.2, -0.15) is 0 Å². The fourth-order valence-corrected chi connectivity index (χ4v) is 2.79. The summed E-state index contributed by atoms with van der Waals surface area (Å²) >= 11 is 0. The highest BCUT2D eigenvalue weighted by Crippen LogP contribution is 2.50. The van der Waals surface area contributed by atoms with Crippen molar-refractivity contribution in [3.05, 3.63) is 28.4 Å². The standard InChI is InChI=1S/C11H11N3O4/c15-11(16)9-7-4-6(7)5-13(9)10-8(14(17)18)2-1-3-12-10/h1-3,6-7,9H,4-5H2,(H,15,16)/t6-,7-,9+/m1/s1. The summed E-state index contributed by atoms with van der Waals surface area (Å²) < 4.78 is 0. The van der Waals surface area contributed by atoms with Gasteiger partial charge in [-0.3, -0.25) is 10.1 Å². The molecule has 18 heavy (non-hydrogen) atoms. The molecule has 2 aliphatic rings. The van der Waals surface area contributed by atoms with Gasteiger partial charge in [0.2, 0.25) is 0 Å². The zero-order valence-corrected chi connectivity index (χ0v) is 9.41. The number of hydrogen-bond donors (Lipinski definition) is 0. The summed E-state index contributed by atoms with van der Waals surface area (Å²) in [6, 6.07) is 2.13. The number of carbonyl (C=O) groups excluding carboxylic acids is 1. The highest BCUT2D eigenvalue weighted by Gasteiger charge is 2.58. The number of carboxylic acid groups (broad SMARTS) is 1. The smallest absolute Gasteiger partial charge is 0.357 e. The van der Waals surface area contributed by atoms with Crippen LogP contribution in [0.4, 0.5) is 11.5 Å². The Morgan fingerprint density at radius 3 is 3.00 bits per heavy atom. The van der Waals surface area contributed by atoms with E-state index in [4.69, 9.17) is 0 Å². The van der Waals surface area contributed by atoms with Crippen LogP contribution in [0.5, 0.6) is 0 Å². The molecular formula is C11H11N3O4. The third-order valence-electron chi connectivity index (χ3n) is 3.69. The van der Waals surface area contributed by atoms with E-state index in [2.05, 4.69) is 4.98 Å². The molecule has 0 spiro atoms. The number of piperidine rings is 1. The fraction of sp³-hybridized carbons (Fsp3) is 0.455. The quantitative estimate of drug-likeness (QED) is 0.504. The second-order valence-corrected chi connectivity index (χ2v) is 4.74. The van der Waals surface area contributed by atoms with E-state index in [1.165, 1.54) is 12.1 Å². The highest BCUT2D eigenvalue weighted by molar-refractivity contribution is 5.79. The van der Waals surface area contributed by atoms with Crippen LogP contribution in [0.15, 0.2) is 18.3 Å². The minimum Gasteiger partial charge on any atom is -0.546 e. The monoisotopic (exact) mass is 249 g/mol. The Morgan fingerprint density at radius 1 is 1.56 bits per heavy atom. The van der Waals surface area contributed by atoms with Gasteiger partial charge in [0.25, 0.3) is 0 Å². The van der Waals surface area contributed by atoms with E-state index in [-0.39, 0.29) is 17.4 Å². The lowest BCUT2D eigenvalue weighted by molar-refractivity contribution is -0.411. The minimum atomic E-state index is -1.16. The van der Waals surface area contributed by atoms with Crippen LogP contribution in [0.25, 0.3) is 0 Å². The molecule has 1 aliphatic carbocycles. The highest BCUT2D eigenvalue weighted by atomic mass is 16.6. The molecule has 0 aromatic carbocycles. The molecule has 94 valence electrons. The Kier molecular flexibility index (Phi) is 2.22. The molecule has 2 fully saturated rings. The summed E-state index contributed by atoms with van der Waals surface area (Å²) in [4.78, 5) is 25.9. The number of H-pyrrole nitrogens is 1. The van der Waals surface area contributed by atoms with E-state index in [1.807, 2.05) is 0 Å². The van der Waals surface area contributed by atoms with Crippen LogP contribution < -0.4 is 15.0 Å². The zero-order chi connectivity index (χ0) is 12.9. The molecule has 0 radical (unpaired) electrons. The summed E-state index contributed by atoms with van der Waals surface area (Å²) in [6.45, 7) is 0.532. The lowest BCUT2D eigenvalue weighted by Gasteiger charge is -2.21. The SMILES string of the molecule is O=C([O-])[C@@H]1[C@@H]2C[C@@H]2CN1c1[nH+]cccc1[N+](=O)[O-]. The van der Waals surface area contributed by atoms with E-state index in [0.717, 1.165) is 6.42 Å². The Labute approximate surface area is 102 Å². The third kappa shape index (κ3) is 1.51. The third-order valence-corrected chi connectivity index (χ3v) is 3.69. The second kappa shape index (κ2) is 3.66. The van der Waals surface area contributed by atoms with Gasteiger partial charge in [-0.1, -0.05) is 0 Å². The van der Waals surface area contributed by atoms with Gasteiger partial charge in [0.05, 0.1) is 23.6 Å². The Morgan fingerprint density at radius 2 is 2.33 bits per heavy atom. The van der Waals surface area contributed by atoms with E-state index in [0.29, 0.717) is 12.5 Å². The molecule has 0 amide bonds. The molecule has 7 nitrogen and oxygen atoms in total. The van der Waals surface area contributed by atoms with Gasteiger partial charge in [-0.15, -0.1) is 0 Å². The first-order chi connectivity index (χ1) is 8.59. The lowest BCUT2D eigenvalue weighted by atomic mass is 10.2. The first kappa shape index (κ1) is 10.9. The number of carboxylic acids is 1. The average Bonchev–Trinajstić information content (AvgIpc) is 2.99. The van der Waals surface area contributed by atoms with E-state index in [9.17, 15) is 20.0 Å². The van der Waals surface area contributed by atoms with Gasteiger partial charge in [0.15, 0.2) is 0 Å². The summed E-state index contributed by atoms with van der Waals surface area (Å²) in [7, 11) is 0. The van der Waals surface area contributed by atoms with Gasteiger partial charge >= 0.3 is 11.5 Å². The van der Waals surface area contributed by atoms with Crippen molar-refractivity contribution in [2.24, 2.45) is 11.8 Å². The van der Waals surface area contributed by atoms with Crippen LogP contribution in [0.1, 0.15) is 6.42 Å². The average molecular weight is 249 g/mol. The Bertz CT molecular complexity index is 533. The molecule has 0 bridgehead atoms. The maximum Gasteiger partial charge on any atom is 0.357 e. The summed E-state index contributed by atoms with van der Waals surface area (Å²) in [5, 5.41) is 22.1. The molecule has 7 heteroatoms. The van der Waals surface area contributed by atoms with Crippen LogP contribution in [0, 0.1) is 22.0 Å². The molecule has 2 heterocycles. The number of rotatable bonds is 3. The zero-order valence-electron chi connectivity index (χ0n) is 9.41. The van der Waals surface area contributed by atoms with Gasteiger partial charge in [0.1, 0.15) is 6.04 Å². The summed E-state index contributed by atoms with van der Waals surface area (Å²) in [5.41, 5.74) is -0.106. The van der Waals surface area contributed by atoms with Crippen LogP contribution in [0.3, 0.4) is 0 Å². The molecule has 3 rings (SSSR count). The summed E-state index contributed by atoms with van der Waals surface area (Å²) in [6.07, 6.45) is 2.42. The van der Waals surface area contributed by atoms with Crippen molar-refractivity contribution in [3.63, 3.8) is 0 Å². The maximum atomic E-state index is 11.2. The molecule has 1 aromatic heterocycles. The number of fused-ring (bicyclic) bond motifs is 1. The molecule has 1 saturated heterocycles. The number of aliphatic carboxylic acids is 1. The van der Waals surface area contributed by atoms with Crippen LogP contribution in [0.2, 0.25) is 0 Å². The maximum absolute atomic E-state index is 11.2. The molecule has 1 N–H and O–H groups in total. The number of anilines is 1. The van der Waals surface area contributed by atoms with Crippen molar-refractivity contribution in [1.82, 2.24) is 0 Å². The first-order valence-electron chi connectivity index (χ1n) is 5.72. The normalized spacial score (nSPS) is 28.9. The van der Waals surface area contributed by atoms with Crippen LogP contribution >= 0.6 is 0 Å². The largest absolute Gasteiger partial charge is 0.546 e. The van der Waals surface area contributed by atoms with Crippen molar-refractivity contribution in [1.29, 1.82) is 0 Å². The second-order valence-electron chi connectivity index (χ2n) is 4.74. The van der Waals surface area contributed by atoms with Gasteiger partial charge in [-0.25, -0.2) is 9.88 Å². The van der Waals surface area contributed by atoms with E-state index >= 15 is 0 Å². The molecule has 3 atom stereocenters. The fourth-order valence-electron chi connectivity index (χ4n) is 2.79. The molecule has 1 aliphatic heterocycles. The minimum absolute atomic E-state index is 0.0724. The van der Waals surface area contributed by atoms with Crippen LogP contribution in [-0.2, 0) is 4.79 Å². The van der Waals surface area contributed by atoms with Gasteiger partial charge < -0.3 is 9.90 Å². The van der Waals surface area contributed by atoms with Gasteiger partial charge in [-0.05, 0) is 12.5 Å².